The first kappa shape index (κ1) is 10.7. The van der Waals surface area contributed by atoms with Crippen LogP contribution in [0, 0.1) is 0 Å². The Labute approximate surface area is 98.2 Å². The standard InChI is InChI=1S/C14H16Se/c1-3-7-13(8-4-1)11-12-15-14-9-5-2-6-10-14/h2,5-7,9-12H,1,3-4,8H2/b12-11+. The van der Waals surface area contributed by atoms with Crippen LogP contribution in [0.1, 0.15) is 25.7 Å². The van der Waals surface area contributed by atoms with E-state index < -0.39 is 0 Å². The molecule has 1 aliphatic rings. The molecule has 0 fully saturated rings. The van der Waals surface area contributed by atoms with E-state index in [-0.39, 0.29) is 0 Å². The summed E-state index contributed by atoms with van der Waals surface area (Å²) in [6.07, 6.45) is 10.0. The van der Waals surface area contributed by atoms with E-state index >= 15 is 0 Å². The molecule has 1 aliphatic carbocycles. The molecule has 0 amide bonds. The molecule has 0 unspecified atom stereocenters. The van der Waals surface area contributed by atoms with Crippen LogP contribution in [0.5, 0.6) is 0 Å². The van der Waals surface area contributed by atoms with Crippen molar-refractivity contribution in [3.63, 3.8) is 0 Å². The second kappa shape index (κ2) is 5.95. The summed E-state index contributed by atoms with van der Waals surface area (Å²) >= 11 is 0.500. The molecule has 2 rings (SSSR count). The van der Waals surface area contributed by atoms with Gasteiger partial charge in [-0.25, -0.2) is 0 Å². The predicted octanol–water partition coefficient (Wildman–Crippen LogP) is 3.03. The topological polar surface area (TPSA) is 0 Å². The minimum absolute atomic E-state index is 0.500. The van der Waals surface area contributed by atoms with Gasteiger partial charge in [-0.1, -0.05) is 0 Å². The number of hydrogen-bond donors (Lipinski definition) is 0. The number of allylic oxidation sites excluding steroid dienone is 3. The first-order valence-corrected chi connectivity index (χ1v) is 7.37. The van der Waals surface area contributed by atoms with E-state index in [1.807, 2.05) is 0 Å². The zero-order valence-corrected chi connectivity index (χ0v) is 10.6. The van der Waals surface area contributed by atoms with E-state index in [2.05, 4.69) is 47.5 Å². The molecular weight excluding hydrogens is 247 g/mol. The summed E-state index contributed by atoms with van der Waals surface area (Å²) in [5.41, 5.74) is 1.54. The summed E-state index contributed by atoms with van der Waals surface area (Å²) in [5, 5.41) is 0. The quantitative estimate of drug-likeness (QED) is 0.735. The number of benzene rings is 1. The van der Waals surface area contributed by atoms with Crippen LogP contribution in [0.25, 0.3) is 0 Å². The molecule has 0 saturated heterocycles. The third-order valence-electron chi connectivity index (χ3n) is 2.56. The van der Waals surface area contributed by atoms with E-state index in [0.717, 1.165) is 0 Å². The molecule has 78 valence electrons. The molecule has 0 bridgehead atoms. The third kappa shape index (κ3) is 3.70. The molecule has 0 heterocycles. The van der Waals surface area contributed by atoms with Gasteiger partial charge in [-0.15, -0.1) is 0 Å². The summed E-state index contributed by atoms with van der Waals surface area (Å²) in [7, 11) is 0. The number of hydrogen-bond acceptors (Lipinski definition) is 0. The van der Waals surface area contributed by atoms with Crippen molar-refractivity contribution in [3.8, 4) is 0 Å². The van der Waals surface area contributed by atoms with E-state index in [1.165, 1.54) is 30.1 Å². The Kier molecular flexibility index (Phi) is 4.25. The summed E-state index contributed by atoms with van der Waals surface area (Å²) in [5.74, 6) is 0. The monoisotopic (exact) mass is 264 g/mol. The molecule has 0 atom stereocenters. The molecule has 15 heavy (non-hydrogen) atoms. The summed E-state index contributed by atoms with van der Waals surface area (Å²) in [6, 6.07) is 10.7. The first-order valence-electron chi connectivity index (χ1n) is 5.52. The van der Waals surface area contributed by atoms with Crippen LogP contribution in [-0.4, -0.2) is 15.0 Å². The maximum atomic E-state index is 2.39. The van der Waals surface area contributed by atoms with Gasteiger partial charge in [0, 0.05) is 0 Å². The summed E-state index contributed by atoms with van der Waals surface area (Å²) in [6.45, 7) is 0. The third-order valence-corrected chi connectivity index (χ3v) is 4.27. The van der Waals surface area contributed by atoms with Gasteiger partial charge >= 0.3 is 98.1 Å². The van der Waals surface area contributed by atoms with Crippen molar-refractivity contribution in [1.29, 1.82) is 0 Å². The maximum absolute atomic E-state index is 2.39. The van der Waals surface area contributed by atoms with Gasteiger partial charge in [0.05, 0.1) is 0 Å². The van der Waals surface area contributed by atoms with Crippen LogP contribution in [-0.2, 0) is 0 Å². The van der Waals surface area contributed by atoms with Crippen molar-refractivity contribution in [2.75, 3.05) is 0 Å². The fraction of sp³-hybridized carbons (Fsp3) is 0.286. The number of rotatable bonds is 3. The summed E-state index contributed by atoms with van der Waals surface area (Å²) < 4.78 is 1.46. The van der Waals surface area contributed by atoms with E-state index in [9.17, 15) is 0 Å². The van der Waals surface area contributed by atoms with Crippen molar-refractivity contribution in [3.05, 3.63) is 53.0 Å². The zero-order chi connectivity index (χ0) is 10.3. The van der Waals surface area contributed by atoms with Crippen molar-refractivity contribution in [2.45, 2.75) is 25.7 Å². The molecule has 1 heteroatoms. The second-order valence-corrected chi connectivity index (χ2v) is 5.81. The zero-order valence-electron chi connectivity index (χ0n) is 8.86. The Morgan fingerprint density at radius 3 is 2.67 bits per heavy atom. The molecule has 0 saturated carbocycles. The molecule has 0 nitrogen and oxygen atoms in total. The van der Waals surface area contributed by atoms with Crippen LogP contribution in [0.2, 0.25) is 0 Å². The average molecular weight is 263 g/mol. The second-order valence-electron chi connectivity index (χ2n) is 3.76. The van der Waals surface area contributed by atoms with Gasteiger partial charge in [0.2, 0.25) is 0 Å². The molecule has 0 spiro atoms. The molecule has 1 aromatic rings. The summed E-state index contributed by atoms with van der Waals surface area (Å²) in [4.78, 5) is 2.35. The van der Waals surface area contributed by atoms with Gasteiger partial charge in [-0.2, -0.15) is 0 Å². The molecular formula is C14H16Se. The fourth-order valence-electron chi connectivity index (χ4n) is 1.71. The Hall–Kier alpha value is -0.781. The van der Waals surface area contributed by atoms with Crippen molar-refractivity contribution < 1.29 is 0 Å². The molecule has 0 N–H and O–H groups in total. The fourth-order valence-corrected chi connectivity index (χ4v) is 3.21. The Bertz CT molecular complexity index is 349. The average Bonchev–Trinajstić information content (AvgIpc) is 2.32. The Balaban J connectivity index is 1.87. The van der Waals surface area contributed by atoms with Gasteiger partial charge in [0.15, 0.2) is 0 Å². The van der Waals surface area contributed by atoms with Crippen molar-refractivity contribution in [1.82, 2.24) is 0 Å². The van der Waals surface area contributed by atoms with E-state index in [1.54, 1.807) is 5.57 Å². The van der Waals surface area contributed by atoms with Gasteiger partial charge in [0.25, 0.3) is 0 Å². The molecule has 1 aromatic carbocycles. The van der Waals surface area contributed by atoms with E-state index in [0.29, 0.717) is 15.0 Å². The predicted molar refractivity (Wildman–Crippen MR) is 67.5 cm³/mol. The molecule has 0 radical (unpaired) electrons. The van der Waals surface area contributed by atoms with Gasteiger partial charge in [-0.3, -0.25) is 0 Å². The van der Waals surface area contributed by atoms with E-state index in [4.69, 9.17) is 0 Å². The Morgan fingerprint density at radius 2 is 1.93 bits per heavy atom. The van der Waals surface area contributed by atoms with Crippen LogP contribution >= 0.6 is 0 Å². The SMILES string of the molecule is C1=C(/C=C/[Se]c2ccccc2)CCCC1. The normalized spacial score (nSPS) is 16.7. The van der Waals surface area contributed by atoms with Gasteiger partial charge in [0.1, 0.15) is 0 Å². The molecule has 0 aromatic heterocycles. The van der Waals surface area contributed by atoms with Gasteiger partial charge < -0.3 is 0 Å². The van der Waals surface area contributed by atoms with Crippen LogP contribution in [0.4, 0.5) is 0 Å². The van der Waals surface area contributed by atoms with Crippen LogP contribution < -0.4 is 4.46 Å². The van der Waals surface area contributed by atoms with Gasteiger partial charge in [-0.05, 0) is 0 Å². The van der Waals surface area contributed by atoms with Crippen LogP contribution in [0.3, 0.4) is 0 Å². The molecule has 0 aliphatic heterocycles. The minimum atomic E-state index is 0.500. The first-order chi connectivity index (χ1) is 7.45. The van der Waals surface area contributed by atoms with Crippen molar-refractivity contribution in [2.24, 2.45) is 0 Å². The Morgan fingerprint density at radius 1 is 1.07 bits per heavy atom. The van der Waals surface area contributed by atoms with Crippen molar-refractivity contribution >= 4 is 19.4 Å². The van der Waals surface area contributed by atoms with Crippen LogP contribution in [0.15, 0.2) is 53.0 Å².